The number of hydrogen-bond acceptors (Lipinski definition) is 4. The summed E-state index contributed by atoms with van der Waals surface area (Å²) in [4.78, 5) is 8.93. The van der Waals surface area contributed by atoms with Gasteiger partial charge in [0, 0.05) is 22.0 Å². The van der Waals surface area contributed by atoms with E-state index in [1.165, 1.54) is 5.01 Å². The Labute approximate surface area is 120 Å². The molecule has 0 aromatic carbocycles. The molecule has 0 aliphatic rings. The van der Waals surface area contributed by atoms with E-state index < -0.39 is 0 Å². The fourth-order valence-electron chi connectivity index (χ4n) is 1.54. The first-order valence-electron chi connectivity index (χ1n) is 5.89. The van der Waals surface area contributed by atoms with Crippen molar-refractivity contribution in [3.05, 3.63) is 38.9 Å². The molecule has 1 atom stereocenters. The fraction of sp³-hybridized carbons (Fsp3) is 0.385. The third-order valence-corrected chi connectivity index (χ3v) is 4.22. The van der Waals surface area contributed by atoms with Crippen LogP contribution in [-0.2, 0) is 0 Å². The van der Waals surface area contributed by atoms with Crippen molar-refractivity contribution >= 4 is 33.1 Å². The normalized spacial score (nSPS) is 12.7. The monoisotopic (exact) mass is 325 g/mol. The lowest BCUT2D eigenvalue weighted by atomic mass is 10.2. The summed E-state index contributed by atoms with van der Waals surface area (Å²) in [7, 11) is 0. The van der Waals surface area contributed by atoms with Crippen LogP contribution in [0.4, 0.5) is 5.82 Å². The maximum Gasteiger partial charge on any atom is 0.127 e. The Morgan fingerprint density at radius 3 is 2.72 bits per heavy atom. The van der Waals surface area contributed by atoms with Crippen LogP contribution in [-0.4, -0.2) is 9.97 Å². The molecule has 0 fully saturated rings. The summed E-state index contributed by atoms with van der Waals surface area (Å²) in [6, 6.07) is 4.04. The summed E-state index contributed by atoms with van der Waals surface area (Å²) in [5.74, 6) is 1.34. The summed E-state index contributed by atoms with van der Waals surface area (Å²) < 4.78 is 1.02. The fourth-order valence-corrected chi connectivity index (χ4v) is 2.81. The van der Waals surface area contributed by atoms with Gasteiger partial charge in [-0.1, -0.05) is 29.8 Å². The first kappa shape index (κ1) is 13.5. The van der Waals surface area contributed by atoms with Crippen LogP contribution in [0.25, 0.3) is 0 Å². The molecule has 2 aromatic rings. The number of aromatic nitrogens is 2. The Balaban J connectivity index is 2.09. The van der Waals surface area contributed by atoms with E-state index in [0.29, 0.717) is 5.92 Å². The maximum atomic E-state index is 4.64. The molecule has 96 valence electrons. The van der Waals surface area contributed by atoms with Crippen LogP contribution < -0.4 is 5.32 Å². The smallest absolute Gasteiger partial charge is 0.127 e. The summed E-state index contributed by atoms with van der Waals surface area (Å²) >= 11 is 5.16. The van der Waals surface area contributed by atoms with E-state index in [1.54, 1.807) is 17.5 Å². The Bertz CT molecular complexity index is 524. The third kappa shape index (κ3) is 3.29. The topological polar surface area (TPSA) is 37.8 Å². The van der Waals surface area contributed by atoms with Gasteiger partial charge in [0.15, 0.2) is 0 Å². The highest BCUT2D eigenvalue weighted by atomic mass is 79.9. The zero-order chi connectivity index (χ0) is 13.1. The van der Waals surface area contributed by atoms with Crippen LogP contribution >= 0.6 is 27.3 Å². The van der Waals surface area contributed by atoms with Crippen LogP contribution in [0.15, 0.2) is 28.2 Å². The number of thiazole rings is 1. The van der Waals surface area contributed by atoms with E-state index in [4.69, 9.17) is 0 Å². The van der Waals surface area contributed by atoms with Crippen molar-refractivity contribution in [2.45, 2.75) is 32.7 Å². The SMILES string of the molecule is CC(C)c1nc(C(C)Nc2cc(Br)ccn2)cs1. The van der Waals surface area contributed by atoms with E-state index in [2.05, 4.69) is 57.4 Å². The summed E-state index contributed by atoms with van der Waals surface area (Å²) in [6.07, 6.45) is 1.78. The number of rotatable bonds is 4. The number of nitrogens with one attached hydrogen (secondary N) is 1. The van der Waals surface area contributed by atoms with Crippen LogP contribution in [0.5, 0.6) is 0 Å². The first-order valence-corrected chi connectivity index (χ1v) is 7.57. The molecule has 2 rings (SSSR count). The Kier molecular flexibility index (Phi) is 4.35. The van der Waals surface area contributed by atoms with Crippen molar-refractivity contribution in [1.82, 2.24) is 9.97 Å². The van der Waals surface area contributed by atoms with Gasteiger partial charge in [-0.15, -0.1) is 11.3 Å². The molecular weight excluding hydrogens is 310 g/mol. The van der Waals surface area contributed by atoms with Gasteiger partial charge in [0.1, 0.15) is 5.82 Å². The van der Waals surface area contributed by atoms with Crippen molar-refractivity contribution in [1.29, 1.82) is 0 Å². The van der Waals surface area contributed by atoms with Crippen LogP contribution in [0.2, 0.25) is 0 Å². The highest BCUT2D eigenvalue weighted by Crippen LogP contribution is 2.25. The molecule has 0 bridgehead atoms. The average molecular weight is 326 g/mol. The van der Waals surface area contributed by atoms with E-state index in [9.17, 15) is 0 Å². The molecule has 1 N–H and O–H groups in total. The minimum absolute atomic E-state index is 0.163. The number of hydrogen-bond donors (Lipinski definition) is 1. The van der Waals surface area contributed by atoms with E-state index >= 15 is 0 Å². The zero-order valence-electron chi connectivity index (χ0n) is 10.6. The van der Waals surface area contributed by atoms with Crippen LogP contribution in [0.3, 0.4) is 0 Å². The first-order chi connectivity index (χ1) is 8.56. The summed E-state index contributed by atoms with van der Waals surface area (Å²) in [5, 5.41) is 6.65. The zero-order valence-corrected chi connectivity index (χ0v) is 13.0. The molecule has 1 unspecified atom stereocenters. The molecule has 0 saturated carbocycles. The molecule has 2 aromatic heterocycles. The van der Waals surface area contributed by atoms with Crippen molar-refractivity contribution in [3.63, 3.8) is 0 Å². The number of anilines is 1. The van der Waals surface area contributed by atoms with Gasteiger partial charge >= 0.3 is 0 Å². The van der Waals surface area contributed by atoms with Crippen molar-refractivity contribution in [3.8, 4) is 0 Å². The second-order valence-corrected chi connectivity index (χ2v) is 6.30. The van der Waals surface area contributed by atoms with Crippen LogP contribution in [0, 0.1) is 0 Å². The molecule has 0 radical (unpaired) electrons. The van der Waals surface area contributed by atoms with Gasteiger partial charge in [0.05, 0.1) is 16.7 Å². The van der Waals surface area contributed by atoms with Crippen molar-refractivity contribution in [2.75, 3.05) is 5.32 Å². The predicted octanol–water partition coefficient (Wildman–Crippen LogP) is 4.60. The number of nitrogens with zero attached hydrogens (tertiary/aromatic N) is 2. The van der Waals surface area contributed by atoms with Gasteiger partial charge in [0.2, 0.25) is 0 Å². The Morgan fingerprint density at radius 2 is 2.11 bits per heavy atom. The molecule has 0 spiro atoms. The molecular formula is C13H16BrN3S. The maximum absolute atomic E-state index is 4.64. The lowest BCUT2D eigenvalue weighted by Gasteiger charge is -2.12. The summed E-state index contributed by atoms with van der Waals surface area (Å²) in [5.41, 5.74) is 1.07. The Morgan fingerprint density at radius 1 is 1.33 bits per heavy atom. The molecule has 5 heteroatoms. The third-order valence-electron chi connectivity index (χ3n) is 2.56. The lowest BCUT2D eigenvalue weighted by molar-refractivity contribution is 0.798. The highest BCUT2D eigenvalue weighted by molar-refractivity contribution is 9.10. The second kappa shape index (κ2) is 5.80. The highest BCUT2D eigenvalue weighted by Gasteiger charge is 2.12. The van der Waals surface area contributed by atoms with E-state index in [0.717, 1.165) is 16.0 Å². The number of pyridine rings is 1. The predicted molar refractivity (Wildman–Crippen MR) is 80.2 cm³/mol. The quantitative estimate of drug-likeness (QED) is 0.892. The number of halogens is 1. The van der Waals surface area contributed by atoms with Gasteiger partial charge in [-0.2, -0.15) is 0 Å². The van der Waals surface area contributed by atoms with E-state index in [1.807, 2.05) is 12.1 Å². The lowest BCUT2D eigenvalue weighted by Crippen LogP contribution is -2.08. The van der Waals surface area contributed by atoms with Gasteiger partial charge in [0.25, 0.3) is 0 Å². The molecule has 18 heavy (non-hydrogen) atoms. The minimum atomic E-state index is 0.163. The van der Waals surface area contributed by atoms with Gasteiger partial charge < -0.3 is 5.32 Å². The molecule has 0 amide bonds. The van der Waals surface area contributed by atoms with E-state index in [-0.39, 0.29) is 6.04 Å². The second-order valence-electron chi connectivity index (χ2n) is 4.49. The molecule has 0 saturated heterocycles. The standard InChI is InChI=1S/C13H16BrN3S/c1-8(2)13-17-11(7-18-13)9(3)16-12-6-10(14)4-5-15-12/h4-9H,1-3H3,(H,15,16). The molecule has 2 heterocycles. The van der Waals surface area contributed by atoms with Gasteiger partial charge in [-0.3, -0.25) is 0 Å². The minimum Gasteiger partial charge on any atom is -0.362 e. The average Bonchev–Trinajstić information content (AvgIpc) is 2.78. The van der Waals surface area contributed by atoms with Crippen molar-refractivity contribution < 1.29 is 0 Å². The van der Waals surface area contributed by atoms with Crippen molar-refractivity contribution in [2.24, 2.45) is 0 Å². The van der Waals surface area contributed by atoms with Gasteiger partial charge in [-0.05, 0) is 19.1 Å². The van der Waals surface area contributed by atoms with Crippen LogP contribution in [0.1, 0.15) is 43.4 Å². The largest absolute Gasteiger partial charge is 0.362 e. The summed E-state index contributed by atoms with van der Waals surface area (Å²) in [6.45, 7) is 6.43. The van der Waals surface area contributed by atoms with Gasteiger partial charge in [-0.25, -0.2) is 9.97 Å². The Hall–Kier alpha value is -0.940. The molecule has 0 aliphatic heterocycles. The molecule has 3 nitrogen and oxygen atoms in total. The molecule has 0 aliphatic carbocycles.